The van der Waals surface area contributed by atoms with Crippen molar-refractivity contribution in [3.8, 4) is 5.75 Å². The van der Waals surface area contributed by atoms with Gasteiger partial charge in [-0.2, -0.15) is 5.10 Å². The molecule has 27 heavy (non-hydrogen) atoms. The number of aromatic hydroxyl groups is 1. The number of rotatable bonds is 5. The molecule has 0 aliphatic carbocycles. The summed E-state index contributed by atoms with van der Waals surface area (Å²) in [7, 11) is 1.78. The van der Waals surface area contributed by atoms with Crippen molar-refractivity contribution in [3.05, 3.63) is 47.3 Å². The maximum absolute atomic E-state index is 12.7. The Hall–Kier alpha value is -2.83. The van der Waals surface area contributed by atoms with Crippen LogP contribution in [0.1, 0.15) is 46.0 Å². The number of nitrogens with zero attached hydrogens (tertiary/aromatic N) is 3. The van der Waals surface area contributed by atoms with E-state index >= 15 is 0 Å². The van der Waals surface area contributed by atoms with Gasteiger partial charge in [-0.25, -0.2) is 0 Å². The largest absolute Gasteiger partial charge is 0.507 e. The standard InChI is InChI=1S/C20H26N4O3/c1-3-14-4-5-18(25)17(10-14)20(27)24-8-6-15(7-9-24)11-21-19(26)16-12-22-23(2)13-16/h4-5,10,12-13,15,25H,3,6-9,11H2,1-2H3,(H,21,26). The third-order valence-electron chi connectivity index (χ3n) is 5.12. The third kappa shape index (κ3) is 4.48. The van der Waals surface area contributed by atoms with Crippen LogP contribution < -0.4 is 5.32 Å². The Morgan fingerprint density at radius 2 is 2.04 bits per heavy atom. The minimum Gasteiger partial charge on any atom is -0.507 e. The molecule has 0 spiro atoms. The lowest BCUT2D eigenvalue weighted by Crippen LogP contribution is -2.41. The van der Waals surface area contributed by atoms with Crippen molar-refractivity contribution in [3.63, 3.8) is 0 Å². The number of aryl methyl sites for hydroxylation is 2. The number of hydrogen-bond acceptors (Lipinski definition) is 4. The van der Waals surface area contributed by atoms with Crippen molar-refractivity contribution < 1.29 is 14.7 Å². The number of benzene rings is 1. The van der Waals surface area contributed by atoms with Crippen LogP contribution in [0.4, 0.5) is 0 Å². The first-order valence-electron chi connectivity index (χ1n) is 9.36. The number of carbonyl (C=O) groups excluding carboxylic acids is 2. The van der Waals surface area contributed by atoms with Gasteiger partial charge in [-0.1, -0.05) is 13.0 Å². The molecule has 144 valence electrons. The molecule has 0 radical (unpaired) electrons. The first-order chi connectivity index (χ1) is 13.0. The van der Waals surface area contributed by atoms with Gasteiger partial charge in [0.2, 0.25) is 0 Å². The lowest BCUT2D eigenvalue weighted by molar-refractivity contribution is 0.0681. The predicted molar refractivity (Wildman–Crippen MR) is 102 cm³/mol. The van der Waals surface area contributed by atoms with E-state index in [0.717, 1.165) is 24.8 Å². The Kier molecular flexibility index (Phi) is 5.78. The van der Waals surface area contributed by atoms with E-state index in [1.807, 2.05) is 13.0 Å². The van der Waals surface area contributed by atoms with Crippen molar-refractivity contribution in [2.24, 2.45) is 13.0 Å². The molecule has 2 heterocycles. The van der Waals surface area contributed by atoms with E-state index in [4.69, 9.17) is 0 Å². The number of piperidine rings is 1. The normalized spacial score (nSPS) is 15.0. The van der Waals surface area contributed by atoms with E-state index < -0.39 is 0 Å². The molecule has 1 aliphatic rings. The van der Waals surface area contributed by atoms with Crippen molar-refractivity contribution in [1.29, 1.82) is 0 Å². The van der Waals surface area contributed by atoms with E-state index in [9.17, 15) is 14.7 Å². The fourth-order valence-corrected chi connectivity index (χ4v) is 3.36. The Morgan fingerprint density at radius 3 is 2.67 bits per heavy atom. The topological polar surface area (TPSA) is 87.5 Å². The van der Waals surface area contributed by atoms with Crippen LogP contribution in [0.25, 0.3) is 0 Å². The van der Waals surface area contributed by atoms with Crippen molar-refractivity contribution >= 4 is 11.8 Å². The molecule has 0 saturated carbocycles. The van der Waals surface area contributed by atoms with E-state index in [1.54, 1.807) is 41.2 Å². The molecule has 1 aromatic carbocycles. The summed E-state index contributed by atoms with van der Waals surface area (Å²) >= 11 is 0. The highest BCUT2D eigenvalue weighted by molar-refractivity contribution is 5.97. The average Bonchev–Trinajstić information content (AvgIpc) is 3.13. The molecule has 1 aromatic heterocycles. The Bertz CT molecular complexity index is 822. The van der Waals surface area contributed by atoms with E-state index in [0.29, 0.717) is 36.7 Å². The first-order valence-corrected chi connectivity index (χ1v) is 9.36. The molecule has 7 nitrogen and oxygen atoms in total. The number of carbonyl (C=O) groups is 2. The number of hydrogen-bond donors (Lipinski definition) is 2. The highest BCUT2D eigenvalue weighted by atomic mass is 16.3. The molecule has 2 amide bonds. The molecule has 7 heteroatoms. The molecular weight excluding hydrogens is 344 g/mol. The van der Waals surface area contributed by atoms with Crippen LogP contribution in [-0.2, 0) is 13.5 Å². The number of nitrogens with one attached hydrogen (secondary N) is 1. The van der Waals surface area contributed by atoms with Crippen LogP contribution in [0.15, 0.2) is 30.6 Å². The highest BCUT2D eigenvalue weighted by Gasteiger charge is 2.25. The van der Waals surface area contributed by atoms with Gasteiger partial charge in [0, 0.05) is 32.9 Å². The van der Waals surface area contributed by atoms with Gasteiger partial charge in [-0.3, -0.25) is 14.3 Å². The van der Waals surface area contributed by atoms with Gasteiger partial charge < -0.3 is 15.3 Å². The zero-order valence-electron chi connectivity index (χ0n) is 15.8. The van der Waals surface area contributed by atoms with Crippen molar-refractivity contribution in [2.45, 2.75) is 26.2 Å². The maximum atomic E-state index is 12.7. The van der Waals surface area contributed by atoms with E-state index in [2.05, 4.69) is 10.4 Å². The second kappa shape index (κ2) is 8.24. The first kappa shape index (κ1) is 18.9. The third-order valence-corrected chi connectivity index (χ3v) is 5.12. The van der Waals surface area contributed by atoms with Gasteiger partial charge in [0.1, 0.15) is 5.75 Å². The Balaban J connectivity index is 1.51. The summed E-state index contributed by atoms with van der Waals surface area (Å²) in [6.07, 6.45) is 5.71. The van der Waals surface area contributed by atoms with Crippen LogP contribution in [0.5, 0.6) is 5.75 Å². The monoisotopic (exact) mass is 370 g/mol. The second-order valence-corrected chi connectivity index (χ2v) is 7.05. The van der Waals surface area contributed by atoms with Crippen LogP contribution in [-0.4, -0.2) is 51.2 Å². The summed E-state index contributed by atoms with van der Waals surface area (Å²) in [4.78, 5) is 26.6. The molecular formula is C20H26N4O3. The number of phenols is 1. The van der Waals surface area contributed by atoms with Gasteiger partial charge in [0.25, 0.3) is 11.8 Å². The van der Waals surface area contributed by atoms with Crippen molar-refractivity contribution in [2.75, 3.05) is 19.6 Å². The molecule has 2 N–H and O–H groups in total. The zero-order chi connectivity index (χ0) is 19.4. The van der Waals surface area contributed by atoms with Crippen molar-refractivity contribution in [1.82, 2.24) is 20.0 Å². The van der Waals surface area contributed by atoms with Crippen LogP contribution in [0, 0.1) is 5.92 Å². The number of aromatic nitrogens is 2. The number of likely N-dealkylation sites (tertiary alicyclic amines) is 1. The summed E-state index contributed by atoms with van der Waals surface area (Å²) in [5, 5.41) is 17.0. The number of phenolic OH excluding ortho intramolecular Hbond substituents is 1. The lowest BCUT2D eigenvalue weighted by atomic mass is 9.96. The lowest BCUT2D eigenvalue weighted by Gasteiger charge is -2.32. The van der Waals surface area contributed by atoms with Gasteiger partial charge in [-0.15, -0.1) is 0 Å². The van der Waals surface area contributed by atoms with Crippen LogP contribution in [0.2, 0.25) is 0 Å². The minimum absolute atomic E-state index is 0.0306. The fraction of sp³-hybridized carbons (Fsp3) is 0.450. The van der Waals surface area contributed by atoms with E-state index in [-0.39, 0.29) is 17.6 Å². The molecule has 0 atom stereocenters. The van der Waals surface area contributed by atoms with Gasteiger partial charge in [0.15, 0.2) is 0 Å². The Morgan fingerprint density at radius 1 is 1.30 bits per heavy atom. The predicted octanol–water partition coefficient (Wildman–Crippen LogP) is 1.97. The minimum atomic E-state index is -0.124. The van der Waals surface area contributed by atoms with E-state index in [1.165, 1.54) is 0 Å². The SMILES string of the molecule is CCc1ccc(O)c(C(=O)N2CCC(CNC(=O)c3cnn(C)c3)CC2)c1. The summed E-state index contributed by atoms with van der Waals surface area (Å²) in [5.41, 5.74) is 1.96. The zero-order valence-corrected chi connectivity index (χ0v) is 15.8. The molecule has 2 aromatic rings. The summed E-state index contributed by atoms with van der Waals surface area (Å²) < 4.78 is 1.60. The molecule has 1 aliphatic heterocycles. The molecule has 0 bridgehead atoms. The second-order valence-electron chi connectivity index (χ2n) is 7.05. The average molecular weight is 370 g/mol. The number of amides is 2. The smallest absolute Gasteiger partial charge is 0.257 e. The van der Waals surface area contributed by atoms with Gasteiger partial charge in [-0.05, 0) is 42.9 Å². The molecule has 1 fully saturated rings. The summed E-state index contributed by atoms with van der Waals surface area (Å²) in [5.74, 6) is 0.122. The highest BCUT2D eigenvalue weighted by Crippen LogP contribution is 2.24. The summed E-state index contributed by atoms with van der Waals surface area (Å²) in [6.45, 7) is 3.86. The Labute approximate surface area is 159 Å². The van der Waals surface area contributed by atoms with Gasteiger partial charge >= 0.3 is 0 Å². The maximum Gasteiger partial charge on any atom is 0.257 e. The van der Waals surface area contributed by atoms with Crippen LogP contribution in [0.3, 0.4) is 0 Å². The van der Waals surface area contributed by atoms with Crippen LogP contribution >= 0.6 is 0 Å². The molecule has 1 saturated heterocycles. The van der Waals surface area contributed by atoms with Gasteiger partial charge in [0.05, 0.1) is 17.3 Å². The molecule has 3 rings (SSSR count). The quantitative estimate of drug-likeness (QED) is 0.842. The summed E-state index contributed by atoms with van der Waals surface area (Å²) in [6, 6.07) is 5.20. The molecule has 0 unspecified atom stereocenters. The fourth-order valence-electron chi connectivity index (χ4n) is 3.36.